The lowest BCUT2D eigenvalue weighted by molar-refractivity contribution is 0.199. The second-order valence-electron chi connectivity index (χ2n) is 5.97. The van der Waals surface area contributed by atoms with Crippen molar-refractivity contribution < 1.29 is 4.74 Å². The molecular weight excluding hydrogens is 282 g/mol. The predicted octanol–water partition coefficient (Wildman–Crippen LogP) is 3.29. The first-order chi connectivity index (χ1) is 10.2. The van der Waals surface area contributed by atoms with E-state index in [4.69, 9.17) is 4.74 Å². The number of nitrogens with zero attached hydrogens (tertiary/aromatic N) is 2. The van der Waals surface area contributed by atoms with Gasteiger partial charge in [-0.2, -0.15) is 0 Å². The normalized spacial score (nSPS) is 18.1. The van der Waals surface area contributed by atoms with E-state index in [2.05, 4.69) is 29.0 Å². The number of methoxy groups -OCH3 is 1. The Balaban J connectivity index is 1.82. The van der Waals surface area contributed by atoms with Crippen molar-refractivity contribution in [3.05, 3.63) is 11.1 Å². The fourth-order valence-corrected chi connectivity index (χ4v) is 3.97. The fraction of sp³-hybridized carbons (Fsp3) is 0.812. The summed E-state index contributed by atoms with van der Waals surface area (Å²) in [7, 11) is 1.73. The Morgan fingerprint density at radius 3 is 2.67 bits per heavy atom. The third kappa shape index (κ3) is 4.41. The van der Waals surface area contributed by atoms with Crippen molar-refractivity contribution in [2.45, 2.75) is 46.1 Å². The number of hydrogen-bond acceptors (Lipinski definition) is 5. The van der Waals surface area contributed by atoms with Crippen LogP contribution in [0.25, 0.3) is 0 Å². The van der Waals surface area contributed by atoms with Gasteiger partial charge in [0, 0.05) is 44.4 Å². The molecule has 21 heavy (non-hydrogen) atoms. The highest BCUT2D eigenvalue weighted by molar-refractivity contribution is 7.15. The minimum atomic E-state index is 0.582. The molecule has 1 aliphatic rings. The Labute approximate surface area is 132 Å². The summed E-state index contributed by atoms with van der Waals surface area (Å²) in [6.07, 6.45) is 7.25. The van der Waals surface area contributed by atoms with E-state index >= 15 is 0 Å². The molecule has 0 spiro atoms. The SMILES string of the molecule is CCC1(CC)CCN(c2ncc(CNCCOC)s2)CC1. The minimum Gasteiger partial charge on any atom is -0.383 e. The number of ether oxygens (including phenoxy) is 1. The lowest BCUT2D eigenvalue weighted by Gasteiger charge is -2.40. The lowest BCUT2D eigenvalue weighted by Crippen LogP contribution is -2.39. The summed E-state index contributed by atoms with van der Waals surface area (Å²) in [4.78, 5) is 8.39. The van der Waals surface area contributed by atoms with Crippen molar-refractivity contribution >= 4 is 16.5 Å². The molecule has 1 aliphatic heterocycles. The minimum absolute atomic E-state index is 0.582. The molecule has 2 rings (SSSR count). The Hall–Kier alpha value is -0.650. The maximum absolute atomic E-state index is 5.04. The molecule has 0 bridgehead atoms. The largest absolute Gasteiger partial charge is 0.383 e. The van der Waals surface area contributed by atoms with Crippen LogP contribution < -0.4 is 10.2 Å². The summed E-state index contributed by atoms with van der Waals surface area (Å²) in [5, 5.41) is 4.57. The molecule has 0 aromatic carbocycles. The fourth-order valence-electron chi connectivity index (χ4n) is 3.04. The Kier molecular flexibility index (Phi) is 6.45. The van der Waals surface area contributed by atoms with Gasteiger partial charge >= 0.3 is 0 Å². The standard InChI is InChI=1S/C16H29N3OS/c1-4-16(5-2)6-9-19(10-7-16)15-18-13-14(21-15)12-17-8-11-20-3/h13,17H,4-12H2,1-3H3. The van der Waals surface area contributed by atoms with Crippen molar-refractivity contribution in [1.29, 1.82) is 0 Å². The highest BCUT2D eigenvalue weighted by Gasteiger charge is 2.31. The second-order valence-corrected chi connectivity index (χ2v) is 7.07. The molecule has 0 unspecified atom stereocenters. The molecule has 1 aromatic rings. The van der Waals surface area contributed by atoms with Gasteiger partial charge in [-0.15, -0.1) is 11.3 Å². The van der Waals surface area contributed by atoms with E-state index in [1.165, 1.54) is 35.7 Å². The topological polar surface area (TPSA) is 37.4 Å². The Bertz CT molecular complexity index is 407. The summed E-state index contributed by atoms with van der Waals surface area (Å²) in [6, 6.07) is 0. The average Bonchev–Trinajstić information content (AvgIpc) is 3.00. The van der Waals surface area contributed by atoms with Crippen LogP contribution in [-0.4, -0.2) is 38.3 Å². The maximum Gasteiger partial charge on any atom is 0.185 e. The quantitative estimate of drug-likeness (QED) is 0.748. The zero-order valence-electron chi connectivity index (χ0n) is 13.7. The third-order valence-corrected chi connectivity index (χ3v) is 5.98. The predicted molar refractivity (Wildman–Crippen MR) is 90.2 cm³/mol. The zero-order chi connectivity index (χ0) is 15.1. The van der Waals surface area contributed by atoms with Gasteiger partial charge in [0.1, 0.15) is 0 Å². The van der Waals surface area contributed by atoms with E-state index < -0.39 is 0 Å². The van der Waals surface area contributed by atoms with Crippen LogP contribution in [-0.2, 0) is 11.3 Å². The number of hydrogen-bond donors (Lipinski definition) is 1. The zero-order valence-corrected chi connectivity index (χ0v) is 14.5. The van der Waals surface area contributed by atoms with Crippen LogP contribution in [0.15, 0.2) is 6.20 Å². The third-order valence-electron chi connectivity index (χ3n) is 4.92. The van der Waals surface area contributed by atoms with Crippen molar-refractivity contribution in [2.24, 2.45) is 5.41 Å². The molecular formula is C16H29N3OS. The van der Waals surface area contributed by atoms with E-state index in [0.717, 1.165) is 32.8 Å². The number of anilines is 1. The van der Waals surface area contributed by atoms with Gasteiger partial charge in [0.05, 0.1) is 6.61 Å². The first kappa shape index (κ1) is 16.7. The highest BCUT2D eigenvalue weighted by atomic mass is 32.1. The van der Waals surface area contributed by atoms with Gasteiger partial charge in [-0.05, 0) is 18.3 Å². The van der Waals surface area contributed by atoms with Gasteiger partial charge in [0.25, 0.3) is 0 Å². The van der Waals surface area contributed by atoms with E-state index in [1.54, 1.807) is 7.11 Å². The average molecular weight is 311 g/mol. The molecule has 1 aromatic heterocycles. The molecule has 4 nitrogen and oxygen atoms in total. The van der Waals surface area contributed by atoms with Gasteiger partial charge in [-0.25, -0.2) is 4.98 Å². The summed E-state index contributed by atoms with van der Waals surface area (Å²) in [6.45, 7) is 9.54. The number of aromatic nitrogens is 1. The Morgan fingerprint density at radius 2 is 2.05 bits per heavy atom. The monoisotopic (exact) mass is 311 g/mol. The summed E-state index contributed by atoms with van der Waals surface area (Å²) < 4.78 is 5.04. The molecule has 120 valence electrons. The second kappa shape index (κ2) is 8.11. The van der Waals surface area contributed by atoms with E-state index in [1.807, 2.05) is 17.5 Å². The molecule has 0 atom stereocenters. The number of nitrogens with one attached hydrogen (secondary N) is 1. The van der Waals surface area contributed by atoms with Gasteiger partial charge in [-0.3, -0.25) is 0 Å². The van der Waals surface area contributed by atoms with Crippen LogP contribution in [0.3, 0.4) is 0 Å². The van der Waals surface area contributed by atoms with Gasteiger partial charge < -0.3 is 15.0 Å². The summed E-state index contributed by atoms with van der Waals surface area (Å²) in [5.41, 5.74) is 0.582. The molecule has 0 saturated carbocycles. The van der Waals surface area contributed by atoms with Crippen molar-refractivity contribution in [1.82, 2.24) is 10.3 Å². The maximum atomic E-state index is 5.04. The number of piperidine rings is 1. The van der Waals surface area contributed by atoms with E-state index in [-0.39, 0.29) is 0 Å². The lowest BCUT2D eigenvalue weighted by atomic mass is 9.74. The van der Waals surface area contributed by atoms with Gasteiger partial charge in [0.2, 0.25) is 0 Å². The molecule has 1 saturated heterocycles. The molecule has 0 amide bonds. The molecule has 1 N–H and O–H groups in total. The molecule has 0 radical (unpaired) electrons. The van der Waals surface area contributed by atoms with Gasteiger partial charge in [-0.1, -0.05) is 26.7 Å². The molecule has 2 heterocycles. The highest BCUT2D eigenvalue weighted by Crippen LogP contribution is 2.39. The van der Waals surface area contributed by atoms with Crippen LogP contribution in [0, 0.1) is 5.41 Å². The van der Waals surface area contributed by atoms with Crippen LogP contribution in [0.1, 0.15) is 44.4 Å². The van der Waals surface area contributed by atoms with E-state index in [9.17, 15) is 0 Å². The van der Waals surface area contributed by atoms with Crippen LogP contribution >= 0.6 is 11.3 Å². The van der Waals surface area contributed by atoms with Crippen molar-refractivity contribution in [2.75, 3.05) is 38.3 Å². The number of thiazole rings is 1. The Morgan fingerprint density at radius 1 is 1.33 bits per heavy atom. The van der Waals surface area contributed by atoms with Gasteiger partial charge in [0.15, 0.2) is 5.13 Å². The molecule has 0 aliphatic carbocycles. The van der Waals surface area contributed by atoms with Crippen LogP contribution in [0.2, 0.25) is 0 Å². The molecule has 1 fully saturated rings. The van der Waals surface area contributed by atoms with E-state index in [0.29, 0.717) is 5.41 Å². The number of rotatable bonds is 8. The van der Waals surface area contributed by atoms with Crippen LogP contribution in [0.5, 0.6) is 0 Å². The molecule has 5 heteroatoms. The van der Waals surface area contributed by atoms with Crippen molar-refractivity contribution in [3.8, 4) is 0 Å². The van der Waals surface area contributed by atoms with Crippen LogP contribution in [0.4, 0.5) is 5.13 Å². The first-order valence-electron chi connectivity index (χ1n) is 8.12. The summed E-state index contributed by atoms with van der Waals surface area (Å²) in [5.74, 6) is 0. The summed E-state index contributed by atoms with van der Waals surface area (Å²) >= 11 is 1.82. The first-order valence-corrected chi connectivity index (χ1v) is 8.94. The smallest absolute Gasteiger partial charge is 0.185 e. The van der Waals surface area contributed by atoms with Crippen molar-refractivity contribution in [3.63, 3.8) is 0 Å².